The summed E-state index contributed by atoms with van der Waals surface area (Å²) in [7, 11) is 1.61. The molecule has 22 heavy (non-hydrogen) atoms. The number of carbonyl (C=O) groups excluding carboxylic acids is 1. The maximum Gasteiger partial charge on any atom is 0.290 e. The molecule has 0 radical (unpaired) electrons. The molecule has 0 saturated heterocycles. The van der Waals surface area contributed by atoms with Crippen molar-refractivity contribution >= 4 is 5.91 Å². The number of nitrogens with zero attached hydrogens (tertiary/aromatic N) is 2. The average Bonchev–Trinajstić information content (AvgIpc) is 3.24. The normalized spacial score (nSPS) is 10.4. The van der Waals surface area contributed by atoms with Crippen molar-refractivity contribution in [3.63, 3.8) is 0 Å². The number of rotatable bonds is 5. The van der Waals surface area contributed by atoms with E-state index in [9.17, 15) is 4.79 Å². The fraction of sp³-hybridized carbons (Fsp3) is 0.133. The predicted molar refractivity (Wildman–Crippen MR) is 76.2 cm³/mol. The van der Waals surface area contributed by atoms with Crippen molar-refractivity contribution in [3.8, 4) is 17.1 Å². The smallest absolute Gasteiger partial charge is 0.290 e. The standard InChI is InChI=1S/C15H13N3O4/c1-20-12-4-2-10(3-5-12)14-8-11(18-22-14)9-16-15(19)13-6-7-17-21-13/h2-8H,9H2,1H3,(H,16,19). The topological polar surface area (TPSA) is 90.4 Å². The molecule has 2 aromatic heterocycles. The van der Waals surface area contributed by atoms with Gasteiger partial charge in [0.05, 0.1) is 19.9 Å². The van der Waals surface area contributed by atoms with Crippen LogP contribution >= 0.6 is 0 Å². The molecule has 0 aliphatic rings. The summed E-state index contributed by atoms with van der Waals surface area (Å²) >= 11 is 0. The first-order valence-corrected chi connectivity index (χ1v) is 6.55. The van der Waals surface area contributed by atoms with Gasteiger partial charge in [0.15, 0.2) is 5.76 Å². The van der Waals surface area contributed by atoms with E-state index in [4.69, 9.17) is 13.8 Å². The third kappa shape index (κ3) is 2.98. The van der Waals surface area contributed by atoms with Gasteiger partial charge in [-0.2, -0.15) is 0 Å². The highest BCUT2D eigenvalue weighted by atomic mass is 16.5. The summed E-state index contributed by atoms with van der Waals surface area (Å²) in [5.74, 6) is 1.18. The first-order chi connectivity index (χ1) is 10.8. The van der Waals surface area contributed by atoms with Crippen molar-refractivity contribution in [2.24, 2.45) is 0 Å². The van der Waals surface area contributed by atoms with Crippen LogP contribution < -0.4 is 10.1 Å². The summed E-state index contributed by atoms with van der Waals surface area (Å²) < 4.78 is 15.1. The molecule has 3 rings (SSSR count). The molecule has 7 nitrogen and oxygen atoms in total. The summed E-state index contributed by atoms with van der Waals surface area (Å²) in [4.78, 5) is 11.7. The second kappa shape index (κ2) is 6.13. The minimum Gasteiger partial charge on any atom is -0.497 e. The molecule has 1 aromatic carbocycles. The monoisotopic (exact) mass is 299 g/mol. The van der Waals surface area contributed by atoms with E-state index in [2.05, 4.69) is 15.6 Å². The summed E-state index contributed by atoms with van der Waals surface area (Å²) in [6, 6.07) is 10.7. The minimum absolute atomic E-state index is 0.152. The number of nitrogens with one attached hydrogen (secondary N) is 1. The molecule has 1 N–H and O–H groups in total. The molecular weight excluding hydrogens is 286 g/mol. The zero-order valence-corrected chi connectivity index (χ0v) is 11.8. The van der Waals surface area contributed by atoms with Crippen molar-refractivity contribution in [3.05, 3.63) is 54.0 Å². The number of hydrogen-bond acceptors (Lipinski definition) is 6. The van der Waals surface area contributed by atoms with Crippen LogP contribution in [0.1, 0.15) is 16.2 Å². The van der Waals surface area contributed by atoms with Crippen LogP contribution in [0.2, 0.25) is 0 Å². The molecule has 0 unspecified atom stereocenters. The number of hydrogen-bond donors (Lipinski definition) is 1. The van der Waals surface area contributed by atoms with Gasteiger partial charge in [0.25, 0.3) is 5.91 Å². The Bertz CT molecular complexity index is 747. The first kappa shape index (κ1) is 13.9. The van der Waals surface area contributed by atoms with Crippen LogP contribution in [0.25, 0.3) is 11.3 Å². The summed E-state index contributed by atoms with van der Waals surface area (Å²) in [5, 5.41) is 10.1. The molecule has 7 heteroatoms. The molecule has 0 aliphatic carbocycles. The molecule has 0 fully saturated rings. The Kier molecular flexibility index (Phi) is 3.86. The largest absolute Gasteiger partial charge is 0.497 e. The molecular formula is C15H13N3O4. The third-order valence-corrected chi connectivity index (χ3v) is 3.03. The number of benzene rings is 1. The fourth-order valence-corrected chi connectivity index (χ4v) is 1.88. The van der Waals surface area contributed by atoms with E-state index in [1.165, 1.54) is 12.3 Å². The van der Waals surface area contributed by atoms with E-state index in [1.54, 1.807) is 13.2 Å². The van der Waals surface area contributed by atoms with E-state index in [1.807, 2.05) is 24.3 Å². The average molecular weight is 299 g/mol. The van der Waals surface area contributed by atoms with E-state index < -0.39 is 0 Å². The Morgan fingerprint density at radius 1 is 1.23 bits per heavy atom. The summed E-state index contributed by atoms with van der Waals surface area (Å²) in [5.41, 5.74) is 1.49. The number of methoxy groups -OCH3 is 1. The highest BCUT2D eigenvalue weighted by Gasteiger charge is 2.11. The summed E-state index contributed by atoms with van der Waals surface area (Å²) in [6.45, 7) is 0.235. The highest BCUT2D eigenvalue weighted by Crippen LogP contribution is 2.23. The lowest BCUT2D eigenvalue weighted by atomic mass is 10.1. The molecule has 0 aliphatic heterocycles. The first-order valence-electron chi connectivity index (χ1n) is 6.55. The van der Waals surface area contributed by atoms with Crippen LogP contribution in [0.4, 0.5) is 0 Å². The highest BCUT2D eigenvalue weighted by molar-refractivity contribution is 5.91. The van der Waals surface area contributed by atoms with E-state index in [0.29, 0.717) is 11.5 Å². The molecule has 112 valence electrons. The van der Waals surface area contributed by atoms with Gasteiger partial charge in [-0.25, -0.2) is 0 Å². The van der Waals surface area contributed by atoms with Crippen molar-refractivity contribution in [2.45, 2.75) is 6.54 Å². The van der Waals surface area contributed by atoms with Crippen LogP contribution in [0.3, 0.4) is 0 Å². The lowest BCUT2D eigenvalue weighted by Gasteiger charge is -1.99. The van der Waals surface area contributed by atoms with Gasteiger partial charge in [-0.1, -0.05) is 10.3 Å². The van der Waals surface area contributed by atoms with Crippen LogP contribution in [0, 0.1) is 0 Å². The maximum absolute atomic E-state index is 11.7. The van der Waals surface area contributed by atoms with Gasteiger partial charge in [0.2, 0.25) is 5.76 Å². The molecule has 2 heterocycles. The second-order valence-corrected chi connectivity index (χ2v) is 4.47. The van der Waals surface area contributed by atoms with E-state index in [0.717, 1.165) is 11.3 Å². The van der Waals surface area contributed by atoms with Crippen molar-refractivity contribution in [2.75, 3.05) is 7.11 Å². The molecule has 0 atom stereocenters. The van der Waals surface area contributed by atoms with Gasteiger partial charge >= 0.3 is 0 Å². The fourth-order valence-electron chi connectivity index (χ4n) is 1.88. The zero-order valence-electron chi connectivity index (χ0n) is 11.8. The van der Waals surface area contributed by atoms with Gasteiger partial charge in [-0.3, -0.25) is 4.79 Å². The minimum atomic E-state index is -0.355. The van der Waals surface area contributed by atoms with Gasteiger partial charge in [0, 0.05) is 17.7 Å². The Labute approximate surface area is 125 Å². The maximum atomic E-state index is 11.7. The SMILES string of the molecule is COc1ccc(-c2cc(CNC(=O)c3ccno3)no2)cc1. The Morgan fingerprint density at radius 2 is 2.05 bits per heavy atom. The van der Waals surface area contributed by atoms with E-state index in [-0.39, 0.29) is 18.2 Å². The van der Waals surface area contributed by atoms with Crippen molar-refractivity contribution in [1.29, 1.82) is 0 Å². The number of aromatic nitrogens is 2. The molecule has 0 bridgehead atoms. The van der Waals surface area contributed by atoms with Crippen molar-refractivity contribution < 1.29 is 18.6 Å². The van der Waals surface area contributed by atoms with Crippen LogP contribution in [-0.2, 0) is 6.54 Å². The van der Waals surface area contributed by atoms with Gasteiger partial charge < -0.3 is 19.1 Å². The molecule has 0 saturated carbocycles. The van der Waals surface area contributed by atoms with Gasteiger partial charge in [0.1, 0.15) is 11.4 Å². The summed E-state index contributed by atoms with van der Waals surface area (Å²) in [6.07, 6.45) is 1.41. The molecule has 1 amide bonds. The van der Waals surface area contributed by atoms with Crippen LogP contribution in [-0.4, -0.2) is 23.3 Å². The van der Waals surface area contributed by atoms with Gasteiger partial charge in [-0.15, -0.1) is 0 Å². The van der Waals surface area contributed by atoms with E-state index >= 15 is 0 Å². The van der Waals surface area contributed by atoms with Crippen LogP contribution in [0.5, 0.6) is 5.75 Å². The second-order valence-electron chi connectivity index (χ2n) is 4.47. The van der Waals surface area contributed by atoms with Crippen LogP contribution in [0.15, 0.2) is 51.6 Å². The Hall–Kier alpha value is -3.09. The number of carbonyl (C=O) groups is 1. The molecule has 3 aromatic rings. The Balaban J connectivity index is 1.64. The predicted octanol–water partition coefficient (Wildman–Crippen LogP) is 2.27. The van der Waals surface area contributed by atoms with Crippen molar-refractivity contribution in [1.82, 2.24) is 15.6 Å². The van der Waals surface area contributed by atoms with Gasteiger partial charge in [-0.05, 0) is 24.3 Å². The third-order valence-electron chi connectivity index (χ3n) is 3.03. The molecule has 0 spiro atoms. The quantitative estimate of drug-likeness (QED) is 0.777. The number of amides is 1. The number of ether oxygens (including phenoxy) is 1. The lowest BCUT2D eigenvalue weighted by Crippen LogP contribution is -2.22. The lowest BCUT2D eigenvalue weighted by molar-refractivity contribution is 0.0913. The Morgan fingerprint density at radius 3 is 2.73 bits per heavy atom. The zero-order chi connectivity index (χ0) is 15.4.